The summed E-state index contributed by atoms with van der Waals surface area (Å²) in [4.78, 5) is 15.4. The molecule has 1 aliphatic heterocycles. The number of hydrogen-bond donors (Lipinski definition) is 1. The quantitative estimate of drug-likeness (QED) is 0.445. The monoisotopic (exact) mass is 310 g/mol. The van der Waals surface area contributed by atoms with Crippen molar-refractivity contribution in [2.75, 3.05) is 19.4 Å². The van der Waals surface area contributed by atoms with Crippen LogP contribution in [0.3, 0.4) is 0 Å². The third-order valence-corrected chi connectivity index (χ3v) is 4.29. The number of benzene rings is 1. The number of anilines is 2. The number of hydrogen-bond acceptors (Lipinski definition) is 6. The standard InChI is InChI=1S/C15H14N6S/c1-21(2)13(19-9-16)8-10-3-4-12-11(7-10)20-14-15(22-12)18-6-5-17-14/h3-7H,8H2,1-2H3,(H,17,20). The molecular formula is C15H14N6S. The minimum absolute atomic E-state index is 0.605. The Morgan fingerprint density at radius 1 is 1.36 bits per heavy atom. The number of fused-ring (bicyclic) bond motifs is 2. The Morgan fingerprint density at radius 2 is 2.18 bits per heavy atom. The zero-order valence-electron chi connectivity index (χ0n) is 12.2. The Morgan fingerprint density at radius 3 is 2.95 bits per heavy atom. The van der Waals surface area contributed by atoms with E-state index in [2.05, 4.69) is 32.4 Å². The third-order valence-electron chi connectivity index (χ3n) is 3.23. The Labute approximate surface area is 132 Å². The van der Waals surface area contributed by atoms with Gasteiger partial charge in [-0.1, -0.05) is 17.8 Å². The molecule has 1 aliphatic rings. The Kier molecular flexibility index (Phi) is 3.94. The van der Waals surface area contributed by atoms with Gasteiger partial charge in [0.2, 0.25) is 6.19 Å². The first kappa shape index (κ1) is 14.4. The highest BCUT2D eigenvalue weighted by Gasteiger charge is 2.18. The minimum Gasteiger partial charge on any atom is -0.365 e. The second-order valence-electron chi connectivity index (χ2n) is 4.97. The number of nitrogens with one attached hydrogen (secondary N) is 1. The highest BCUT2D eigenvalue weighted by atomic mass is 32.2. The molecule has 6 nitrogen and oxygen atoms in total. The van der Waals surface area contributed by atoms with Gasteiger partial charge in [-0.05, 0) is 17.7 Å². The fourth-order valence-corrected chi connectivity index (χ4v) is 3.01. The van der Waals surface area contributed by atoms with E-state index in [-0.39, 0.29) is 0 Å². The number of amidine groups is 1. The van der Waals surface area contributed by atoms with E-state index in [0.29, 0.717) is 6.42 Å². The van der Waals surface area contributed by atoms with Crippen molar-refractivity contribution in [3.63, 3.8) is 0 Å². The lowest BCUT2D eigenvalue weighted by Gasteiger charge is -2.20. The maximum atomic E-state index is 8.77. The van der Waals surface area contributed by atoms with E-state index < -0.39 is 0 Å². The van der Waals surface area contributed by atoms with Crippen molar-refractivity contribution in [2.45, 2.75) is 16.3 Å². The molecule has 0 radical (unpaired) electrons. The Balaban J connectivity index is 1.87. The largest absolute Gasteiger partial charge is 0.365 e. The maximum absolute atomic E-state index is 8.77. The van der Waals surface area contributed by atoms with Crippen LogP contribution in [0.5, 0.6) is 0 Å². The molecule has 0 bridgehead atoms. The van der Waals surface area contributed by atoms with Crippen molar-refractivity contribution in [3.05, 3.63) is 36.2 Å². The van der Waals surface area contributed by atoms with E-state index in [1.54, 1.807) is 24.2 Å². The molecular weight excluding hydrogens is 296 g/mol. The number of nitriles is 1. The van der Waals surface area contributed by atoms with Gasteiger partial charge in [-0.15, -0.1) is 0 Å². The summed E-state index contributed by atoms with van der Waals surface area (Å²) >= 11 is 1.60. The molecule has 0 saturated carbocycles. The molecule has 3 rings (SSSR count). The van der Waals surface area contributed by atoms with E-state index in [1.165, 1.54) is 0 Å². The topological polar surface area (TPSA) is 77.2 Å². The molecule has 0 aliphatic carbocycles. The molecule has 2 aromatic rings. The molecule has 0 unspecified atom stereocenters. The molecule has 0 saturated heterocycles. The summed E-state index contributed by atoms with van der Waals surface area (Å²) in [6.07, 6.45) is 5.82. The summed E-state index contributed by atoms with van der Waals surface area (Å²) in [7, 11) is 3.77. The Hall–Kier alpha value is -2.59. The predicted molar refractivity (Wildman–Crippen MR) is 86.3 cm³/mol. The van der Waals surface area contributed by atoms with Crippen molar-refractivity contribution < 1.29 is 0 Å². The van der Waals surface area contributed by atoms with Crippen LogP contribution in [0.2, 0.25) is 0 Å². The lowest BCUT2D eigenvalue weighted by molar-refractivity contribution is 0.610. The minimum atomic E-state index is 0.605. The summed E-state index contributed by atoms with van der Waals surface area (Å²) in [6.45, 7) is 0. The van der Waals surface area contributed by atoms with Crippen LogP contribution >= 0.6 is 11.8 Å². The SMILES string of the molecule is CN(C)C(Cc1ccc2c(c1)Nc1nccnc1S2)=NC#N. The second kappa shape index (κ2) is 6.03. The molecule has 2 heterocycles. The number of likely N-dealkylation sites (N-methyl/N-ethyl adjacent to an activating group) is 1. The molecule has 0 amide bonds. The zero-order chi connectivity index (χ0) is 15.5. The van der Waals surface area contributed by atoms with Gasteiger partial charge < -0.3 is 10.2 Å². The van der Waals surface area contributed by atoms with Crippen molar-refractivity contribution in [1.29, 1.82) is 5.26 Å². The number of aromatic nitrogens is 2. The molecule has 22 heavy (non-hydrogen) atoms. The van der Waals surface area contributed by atoms with Gasteiger partial charge >= 0.3 is 0 Å². The van der Waals surface area contributed by atoms with Crippen LogP contribution in [0.1, 0.15) is 5.56 Å². The third kappa shape index (κ3) is 2.87. The average Bonchev–Trinajstić information content (AvgIpc) is 2.52. The molecule has 110 valence electrons. The van der Waals surface area contributed by atoms with Gasteiger partial charge in [-0.2, -0.15) is 10.3 Å². The molecule has 1 aromatic heterocycles. The van der Waals surface area contributed by atoms with Crippen LogP contribution in [-0.4, -0.2) is 34.8 Å². The van der Waals surface area contributed by atoms with E-state index in [9.17, 15) is 0 Å². The number of aliphatic imine (C=N–C) groups is 1. The number of rotatable bonds is 2. The maximum Gasteiger partial charge on any atom is 0.207 e. The first-order chi connectivity index (χ1) is 10.7. The normalized spacial score (nSPS) is 12.7. The van der Waals surface area contributed by atoms with Crippen LogP contribution < -0.4 is 5.32 Å². The molecule has 0 atom stereocenters. The molecule has 1 N–H and O–H groups in total. The zero-order valence-corrected chi connectivity index (χ0v) is 13.1. The van der Waals surface area contributed by atoms with Crippen molar-refractivity contribution in [3.8, 4) is 6.19 Å². The van der Waals surface area contributed by atoms with Gasteiger partial charge in [0.1, 0.15) is 10.9 Å². The number of nitrogens with zero attached hydrogens (tertiary/aromatic N) is 5. The van der Waals surface area contributed by atoms with Gasteiger partial charge in [0.25, 0.3) is 0 Å². The van der Waals surface area contributed by atoms with E-state index in [0.717, 1.165) is 32.8 Å². The van der Waals surface area contributed by atoms with Crippen molar-refractivity contribution >= 4 is 29.1 Å². The van der Waals surface area contributed by atoms with Crippen LogP contribution in [0, 0.1) is 11.5 Å². The van der Waals surface area contributed by atoms with Crippen molar-refractivity contribution in [2.24, 2.45) is 4.99 Å². The van der Waals surface area contributed by atoms with Gasteiger partial charge in [0.05, 0.1) is 5.69 Å². The summed E-state index contributed by atoms with van der Waals surface area (Å²) in [5.74, 6) is 1.50. The van der Waals surface area contributed by atoms with E-state index in [4.69, 9.17) is 5.26 Å². The van der Waals surface area contributed by atoms with Crippen molar-refractivity contribution in [1.82, 2.24) is 14.9 Å². The first-order valence-corrected chi connectivity index (χ1v) is 7.51. The smallest absolute Gasteiger partial charge is 0.207 e. The van der Waals surface area contributed by atoms with Crippen LogP contribution in [-0.2, 0) is 6.42 Å². The van der Waals surface area contributed by atoms with E-state index >= 15 is 0 Å². The van der Waals surface area contributed by atoms with Gasteiger partial charge in [0, 0.05) is 37.8 Å². The van der Waals surface area contributed by atoms with Crippen LogP contribution in [0.25, 0.3) is 0 Å². The van der Waals surface area contributed by atoms with Crippen LogP contribution in [0.4, 0.5) is 11.5 Å². The fourth-order valence-electron chi connectivity index (χ4n) is 2.13. The Bertz CT molecular complexity index is 778. The lowest BCUT2D eigenvalue weighted by Crippen LogP contribution is -2.24. The van der Waals surface area contributed by atoms with E-state index in [1.807, 2.05) is 31.3 Å². The lowest BCUT2D eigenvalue weighted by atomic mass is 10.1. The summed E-state index contributed by atoms with van der Waals surface area (Å²) in [6, 6.07) is 6.17. The average molecular weight is 310 g/mol. The highest BCUT2D eigenvalue weighted by Crippen LogP contribution is 2.42. The fraction of sp³-hybridized carbons (Fsp3) is 0.200. The van der Waals surface area contributed by atoms with Gasteiger partial charge in [0.15, 0.2) is 5.82 Å². The van der Waals surface area contributed by atoms with Gasteiger partial charge in [-0.25, -0.2) is 9.97 Å². The molecule has 0 spiro atoms. The first-order valence-electron chi connectivity index (χ1n) is 6.69. The highest BCUT2D eigenvalue weighted by molar-refractivity contribution is 7.99. The summed E-state index contributed by atoms with van der Waals surface area (Å²) < 4.78 is 0. The second-order valence-corrected chi connectivity index (χ2v) is 6.00. The molecule has 7 heteroatoms. The summed E-state index contributed by atoms with van der Waals surface area (Å²) in [5, 5.41) is 12.9. The molecule has 1 aromatic carbocycles. The predicted octanol–water partition coefficient (Wildman–Crippen LogP) is 2.67. The summed E-state index contributed by atoms with van der Waals surface area (Å²) in [5.41, 5.74) is 2.09. The van der Waals surface area contributed by atoms with Gasteiger partial charge in [-0.3, -0.25) is 0 Å². The molecule has 0 fully saturated rings. The van der Waals surface area contributed by atoms with Crippen LogP contribution in [0.15, 0.2) is 45.5 Å².